The monoisotopic (exact) mass is 418 g/mol. The molecule has 1 heterocycles. The third-order valence-corrected chi connectivity index (χ3v) is 4.78. The van der Waals surface area contributed by atoms with Crippen LogP contribution in [0, 0.1) is 11.8 Å². The summed E-state index contributed by atoms with van der Waals surface area (Å²) in [6.07, 6.45) is 15.3. The van der Waals surface area contributed by atoms with Crippen molar-refractivity contribution in [3.8, 4) is 0 Å². The van der Waals surface area contributed by atoms with E-state index in [9.17, 15) is 0 Å². The first-order valence-electron chi connectivity index (χ1n) is 11.4. The Hall–Kier alpha value is -1.91. The van der Waals surface area contributed by atoms with Crippen LogP contribution in [-0.4, -0.2) is 23.3 Å². The third-order valence-electron chi connectivity index (χ3n) is 4.78. The summed E-state index contributed by atoms with van der Waals surface area (Å²) in [5.74, 6) is 0.331. The van der Waals surface area contributed by atoms with Gasteiger partial charge < -0.3 is 5.11 Å². The van der Waals surface area contributed by atoms with Crippen molar-refractivity contribution in [2.24, 2.45) is 11.8 Å². The van der Waals surface area contributed by atoms with E-state index in [1.807, 2.05) is 13.8 Å². The van der Waals surface area contributed by atoms with Gasteiger partial charge in [0.25, 0.3) is 5.97 Å². The topological polar surface area (TPSA) is 55.8 Å². The number of aryl methyl sites for hydroxylation is 1. The van der Waals surface area contributed by atoms with E-state index in [0.29, 0.717) is 24.0 Å². The Kier molecular flexibility index (Phi) is 16.8. The molecule has 0 aromatic heterocycles. The summed E-state index contributed by atoms with van der Waals surface area (Å²) in [5.41, 5.74) is 1.44. The molecule has 0 spiro atoms. The first kappa shape index (κ1) is 28.1. The van der Waals surface area contributed by atoms with Gasteiger partial charge in [0, 0.05) is 25.2 Å². The molecule has 0 radical (unpaired) electrons. The van der Waals surface area contributed by atoms with Gasteiger partial charge in [0.05, 0.1) is 6.10 Å². The SMILES string of the molecule is C/C=C/C1[C@@H](C/C=C\CC)[C@@H]2C[C@H]1OO2.CC.CC(=O)O.CCCc1ccccc1. The number of fused-ring (bicyclic) bond motifs is 2. The van der Waals surface area contributed by atoms with E-state index in [1.165, 1.54) is 18.4 Å². The summed E-state index contributed by atoms with van der Waals surface area (Å²) in [6.45, 7) is 11.5. The molecule has 2 fully saturated rings. The zero-order chi connectivity index (χ0) is 22.8. The average Bonchev–Trinajstić information content (AvgIpc) is 3.34. The van der Waals surface area contributed by atoms with Crippen molar-refractivity contribution in [3.05, 3.63) is 60.2 Å². The van der Waals surface area contributed by atoms with Gasteiger partial charge >= 0.3 is 0 Å². The Morgan fingerprint density at radius 2 is 1.70 bits per heavy atom. The number of hydrogen-bond donors (Lipinski definition) is 1. The van der Waals surface area contributed by atoms with Crippen LogP contribution in [-0.2, 0) is 21.0 Å². The van der Waals surface area contributed by atoms with Crippen molar-refractivity contribution in [3.63, 3.8) is 0 Å². The molecule has 2 bridgehead atoms. The average molecular weight is 419 g/mol. The van der Waals surface area contributed by atoms with Crippen LogP contribution in [0.2, 0.25) is 0 Å². The molecule has 1 aliphatic carbocycles. The summed E-state index contributed by atoms with van der Waals surface area (Å²) in [4.78, 5) is 19.6. The highest BCUT2D eigenvalue weighted by molar-refractivity contribution is 5.62. The van der Waals surface area contributed by atoms with E-state index < -0.39 is 5.97 Å². The fourth-order valence-corrected chi connectivity index (χ4v) is 3.59. The number of rotatable bonds is 6. The second-order valence-electron chi connectivity index (χ2n) is 7.14. The minimum Gasteiger partial charge on any atom is -0.481 e. The number of carboxylic acids is 1. The van der Waals surface area contributed by atoms with Crippen LogP contribution in [0.1, 0.15) is 72.8 Å². The molecule has 1 aromatic rings. The maximum absolute atomic E-state index is 9.00. The molecule has 1 aromatic carbocycles. The molecule has 4 nitrogen and oxygen atoms in total. The summed E-state index contributed by atoms with van der Waals surface area (Å²) in [5, 5.41) is 7.42. The molecule has 1 saturated heterocycles. The van der Waals surface area contributed by atoms with Crippen LogP contribution in [0.3, 0.4) is 0 Å². The van der Waals surface area contributed by atoms with E-state index in [-0.39, 0.29) is 0 Å². The van der Waals surface area contributed by atoms with Gasteiger partial charge in [-0.1, -0.05) is 88.8 Å². The number of allylic oxidation sites excluding steroid dienone is 3. The Morgan fingerprint density at radius 1 is 1.10 bits per heavy atom. The Morgan fingerprint density at radius 3 is 2.23 bits per heavy atom. The largest absolute Gasteiger partial charge is 0.481 e. The van der Waals surface area contributed by atoms with Crippen molar-refractivity contribution in [1.29, 1.82) is 0 Å². The third kappa shape index (κ3) is 11.3. The molecular formula is C26H42O4. The predicted octanol–water partition coefficient (Wildman–Crippen LogP) is 7.01. The Balaban J connectivity index is 0.000000477. The number of carbonyl (C=O) groups is 1. The van der Waals surface area contributed by atoms with Gasteiger partial charge in [0.1, 0.15) is 6.10 Å². The van der Waals surface area contributed by atoms with E-state index >= 15 is 0 Å². The maximum Gasteiger partial charge on any atom is 0.300 e. The molecule has 1 saturated carbocycles. The van der Waals surface area contributed by atoms with Crippen LogP contribution >= 0.6 is 0 Å². The summed E-state index contributed by atoms with van der Waals surface area (Å²) < 4.78 is 0. The van der Waals surface area contributed by atoms with Crippen molar-refractivity contribution in [2.45, 2.75) is 85.9 Å². The molecule has 1 aliphatic heterocycles. The van der Waals surface area contributed by atoms with Gasteiger partial charge in [-0.15, -0.1) is 0 Å². The quantitative estimate of drug-likeness (QED) is 0.399. The molecule has 0 amide bonds. The second-order valence-corrected chi connectivity index (χ2v) is 7.14. The Labute approximate surface area is 183 Å². The highest BCUT2D eigenvalue weighted by atomic mass is 17.2. The van der Waals surface area contributed by atoms with Gasteiger partial charge in [0.2, 0.25) is 0 Å². The first-order chi connectivity index (χ1) is 14.5. The molecule has 1 unspecified atom stereocenters. The molecule has 30 heavy (non-hydrogen) atoms. The fourth-order valence-electron chi connectivity index (χ4n) is 3.59. The highest BCUT2D eigenvalue weighted by Gasteiger charge is 2.48. The molecule has 4 atom stereocenters. The molecular weight excluding hydrogens is 376 g/mol. The van der Waals surface area contributed by atoms with E-state index in [1.54, 1.807) is 0 Å². The fraction of sp³-hybridized carbons (Fsp3) is 0.577. The first-order valence-corrected chi connectivity index (χ1v) is 11.4. The van der Waals surface area contributed by atoms with Crippen molar-refractivity contribution in [1.82, 2.24) is 0 Å². The standard InChI is InChI=1S/C13H20O2.C9H12.C2H4O2.C2H6/c1-3-5-6-8-11-10(7-4-2)12-9-13(11)15-14-12;1-2-6-9-7-4-3-5-8-9;1-2(3)4;1-2/h4-7,10-13H,3,8-9H2,1-2H3;3-5,7-8H,2,6H2,1H3;1H3,(H,3,4);1-2H3/b6-5-,7-4+;;;/t10?,11-,12-,13+;;;/m1.../s1. The van der Waals surface area contributed by atoms with Crippen LogP contribution in [0.15, 0.2) is 54.6 Å². The van der Waals surface area contributed by atoms with Gasteiger partial charge in [-0.2, -0.15) is 0 Å². The lowest BCUT2D eigenvalue weighted by molar-refractivity contribution is -0.336. The van der Waals surface area contributed by atoms with Gasteiger partial charge in [-0.25, -0.2) is 9.78 Å². The van der Waals surface area contributed by atoms with Crippen molar-refractivity contribution < 1.29 is 19.7 Å². The number of aliphatic carboxylic acids is 1. The molecule has 4 heteroatoms. The smallest absolute Gasteiger partial charge is 0.300 e. The Bertz CT molecular complexity index is 590. The summed E-state index contributed by atoms with van der Waals surface area (Å²) in [7, 11) is 0. The minimum absolute atomic E-state index is 0.297. The van der Waals surface area contributed by atoms with Gasteiger partial charge in [-0.05, 0) is 31.7 Å². The van der Waals surface area contributed by atoms with E-state index in [0.717, 1.165) is 26.2 Å². The van der Waals surface area contributed by atoms with Gasteiger partial charge in [-0.3, -0.25) is 4.79 Å². The number of benzene rings is 1. The summed E-state index contributed by atoms with van der Waals surface area (Å²) in [6, 6.07) is 10.6. The zero-order valence-corrected chi connectivity index (χ0v) is 19.7. The maximum atomic E-state index is 9.00. The lowest BCUT2D eigenvalue weighted by atomic mass is 9.89. The predicted molar refractivity (Wildman–Crippen MR) is 125 cm³/mol. The van der Waals surface area contributed by atoms with Gasteiger partial charge in [0.15, 0.2) is 0 Å². The van der Waals surface area contributed by atoms with Crippen molar-refractivity contribution >= 4 is 5.97 Å². The zero-order valence-electron chi connectivity index (χ0n) is 19.7. The summed E-state index contributed by atoms with van der Waals surface area (Å²) >= 11 is 0. The van der Waals surface area contributed by atoms with Crippen LogP contribution in [0.25, 0.3) is 0 Å². The van der Waals surface area contributed by atoms with Crippen LogP contribution in [0.4, 0.5) is 0 Å². The minimum atomic E-state index is -0.833. The molecule has 2 aliphatic rings. The second kappa shape index (κ2) is 17.9. The van der Waals surface area contributed by atoms with Crippen molar-refractivity contribution in [2.75, 3.05) is 0 Å². The number of carboxylic acid groups (broad SMARTS) is 1. The van der Waals surface area contributed by atoms with E-state index in [4.69, 9.17) is 19.7 Å². The molecule has 3 rings (SSSR count). The lowest BCUT2D eigenvalue weighted by Gasteiger charge is -2.27. The van der Waals surface area contributed by atoms with Crippen LogP contribution in [0.5, 0.6) is 0 Å². The molecule has 1 N–H and O–H groups in total. The normalized spacial score (nSPS) is 23.8. The number of hydrogen-bond acceptors (Lipinski definition) is 3. The highest BCUT2D eigenvalue weighted by Crippen LogP contribution is 2.44. The lowest BCUT2D eigenvalue weighted by Crippen LogP contribution is -2.28. The molecule has 170 valence electrons. The van der Waals surface area contributed by atoms with E-state index in [2.05, 4.69) is 75.4 Å². The van der Waals surface area contributed by atoms with Crippen LogP contribution < -0.4 is 0 Å².